The Kier molecular flexibility index (Phi) is 2.75. The molecule has 1 aromatic carbocycles. The highest BCUT2D eigenvalue weighted by molar-refractivity contribution is 5.43. The van der Waals surface area contributed by atoms with Crippen molar-refractivity contribution < 1.29 is 5.11 Å². The third-order valence-electron chi connectivity index (χ3n) is 2.72. The molecule has 1 aromatic heterocycles. The number of rotatable bonds is 2. The minimum atomic E-state index is -0.0727. The van der Waals surface area contributed by atoms with Gasteiger partial charge < -0.3 is 5.11 Å². The number of hydrogen-bond acceptors (Lipinski definition) is 3. The molecular weight excluding hydrogens is 202 g/mol. The van der Waals surface area contributed by atoms with E-state index in [1.54, 1.807) is 4.68 Å². The van der Waals surface area contributed by atoms with Gasteiger partial charge in [-0.2, -0.15) is 0 Å². The minimum Gasteiger partial charge on any atom is -0.390 e. The summed E-state index contributed by atoms with van der Waals surface area (Å²) in [5, 5.41) is 17.1. The van der Waals surface area contributed by atoms with E-state index in [9.17, 15) is 0 Å². The van der Waals surface area contributed by atoms with Gasteiger partial charge in [0.15, 0.2) is 0 Å². The standard InChI is InChI=1S/C12H15N3O/c1-8-4-5-12(9(2)6-8)15-10(3)11(7-16)13-14-15/h4-6,16H,7H2,1-3H3. The number of aromatic nitrogens is 3. The van der Waals surface area contributed by atoms with E-state index in [0.717, 1.165) is 16.9 Å². The maximum Gasteiger partial charge on any atom is 0.111 e. The van der Waals surface area contributed by atoms with Crippen molar-refractivity contribution in [3.05, 3.63) is 40.7 Å². The Bertz CT molecular complexity index is 517. The van der Waals surface area contributed by atoms with E-state index in [0.29, 0.717) is 5.69 Å². The summed E-state index contributed by atoms with van der Waals surface area (Å²) >= 11 is 0. The van der Waals surface area contributed by atoms with E-state index in [-0.39, 0.29) is 6.61 Å². The van der Waals surface area contributed by atoms with Crippen molar-refractivity contribution in [1.29, 1.82) is 0 Å². The van der Waals surface area contributed by atoms with Gasteiger partial charge in [-0.1, -0.05) is 22.9 Å². The van der Waals surface area contributed by atoms with Gasteiger partial charge in [-0.25, -0.2) is 4.68 Å². The van der Waals surface area contributed by atoms with Crippen LogP contribution in [0.1, 0.15) is 22.5 Å². The fourth-order valence-electron chi connectivity index (χ4n) is 1.78. The Morgan fingerprint density at radius 3 is 2.56 bits per heavy atom. The quantitative estimate of drug-likeness (QED) is 0.832. The zero-order valence-corrected chi connectivity index (χ0v) is 9.73. The van der Waals surface area contributed by atoms with Gasteiger partial charge in [-0.05, 0) is 32.4 Å². The van der Waals surface area contributed by atoms with E-state index >= 15 is 0 Å². The summed E-state index contributed by atoms with van der Waals surface area (Å²) in [6.07, 6.45) is 0. The monoisotopic (exact) mass is 217 g/mol. The average Bonchev–Trinajstić information content (AvgIpc) is 2.60. The molecule has 0 saturated carbocycles. The van der Waals surface area contributed by atoms with E-state index in [1.165, 1.54) is 5.56 Å². The Morgan fingerprint density at radius 1 is 1.25 bits per heavy atom. The number of aliphatic hydroxyl groups is 1. The first kappa shape index (κ1) is 10.8. The highest BCUT2D eigenvalue weighted by atomic mass is 16.3. The zero-order chi connectivity index (χ0) is 11.7. The van der Waals surface area contributed by atoms with Crippen LogP contribution in [0.15, 0.2) is 18.2 Å². The van der Waals surface area contributed by atoms with Crippen molar-refractivity contribution in [2.45, 2.75) is 27.4 Å². The predicted octanol–water partition coefficient (Wildman–Crippen LogP) is 1.68. The number of aryl methyl sites for hydroxylation is 2. The molecule has 16 heavy (non-hydrogen) atoms. The Labute approximate surface area is 94.5 Å². The first-order chi connectivity index (χ1) is 7.63. The normalized spacial score (nSPS) is 10.8. The third kappa shape index (κ3) is 1.72. The van der Waals surface area contributed by atoms with E-state index in [2.05, 4.69) is 23.3 Å². The van der Waals surface area contributed by atoms with Crippen LogP contribution in [0.5, 0.6) is 0 Å². The van der Waals surface area contributed by atoms with E-state index in [4.69, 9.17) is 5.11 Å². The fraction of sp³-hybridized carbons (Fsp3) is 0.333. The molecule has 0 bridgehead atoms. The van der Waals surface area contributed by atoms with Crippen molar-refractivity contribution in [2.75, 3.05) is 0 Å². The summed E-state index contributed by atoms with van der Waals surface area (Å²) in [6, 6.07) is 6.17. The van der Waals surface area contributed by atoms with Crippen molar-refractivity contribution in [3.8, 4) is 5.69 Å². The topological polar surface area (TPSA) is 50.9 Å². The molecule has 0 unspecified atom stereocenters. The van der Waals surface area contributed by atoms with Gasteiger partial charge in [0.1, 0.15) is 5.69 Å². The summed E-state index contributed by atoms with van der Waals surface area (Å²) in [4.78, 5) is 0. The number of nitrogens with zero attached hydrogens (tertiary/aromatic N) is 3. The molecular formula is C12H15N3O. The molecule has 4 heteroatoms. The zero-order valence-electron chi connectivity index (χ0n) is 9.73. The van der Waals surface area contributed by atoms with Gasteiger partial charge >= 0.3 is 0 Å². The van der Waals surface area contributed by atoms with Gasteiger partial charge in [0.05, 0.1) is 18.0 Å². The van der Waals surface area contributed by atoms with Crippen LogP contribution in [0.3, 0.4) is 0 Å². The van der Waals surface area contributed by atoms with Crippen molar-refractivity contribution in [3.63, 3.8) is 0 Å². The summed E-state index contributed by atoms with van der Waals surface area (Å²) in [6.45, 7) is 5.94. The SMILES string of the molecule is Cc1ccc(-n2nnc(CO)c2C)c(C)c1. The third-order valence-corrected chi connectivity index (χ3v) is 2.72. The molecule has 4 nitrogen and oxygen atoms in total. The molecule has 2 rings (SSSR count). The lowest BCUT2D eigenvalue weighted by Crippen LogP contribution is -2.02. The summed E-state index contributed by atoms with van der Waals surface area (Å²) in [5.74, 6) is 0. The molecule has 0 radical (unpaired) electrons. The Balaban J connectivity index is 2.54. The van der Waals surface area contributed by atoms with Crippen LogP contribution in [0, 0.1) is 20.8 Å². The first-order valence-electron chi connectivity index (χ1n) is 5.23. The van der Waals surface area contributed by atoms with Crippen LogP contribution < -0.4 is 0 Å². The molecule has 1 N–H and O–H groups in total. The van der Waals surface area contributed by atoms with E-state index in [1.807, 2.05) is 26.0 Å². The largest absolute Gasteiger partial charge is 0.390 e. The van der Waals surface area contributed by atoms with Crippen molar-refractivity contribution >= 4 is 0 Å². The van der Waals surface area contributed by atoms with Crippen LogP contribution in [0.25, 0.3) is 5.69 Å². The van der Waals surface area contributed by atoms with Gasteiger partial charge in [-0.15, -0.1) is 5.10 Å². The summed E-state index contributed by atoms with van der Waals surface area (Å²) in [7, 11) is 0. The average molecular weight is 217 g/mol. The molecule has 0 aliphatic heterocycles. The first-order valence-corrected chi connectivity index (χ1v) is 5.23. The molecule has 0 amide bonds. The maximum absolute atomic E-state index is 9.08. The second kappa shape index (κ2) is 4.06. The summed E-state index contributed by atoms with van der Waals surface area (Å²) in [5.41, 5.74) is 4.89. The Morgan fingerprint density at radius 2 is 2.00 bits per heavy atom. The van der Waals surface area contributed by atoms with Crippen LogP contribution >= 0.6 is 0 Å². The van der Waals surface area contributed by atoms with Gasteiger partial charge in [0.25, 0.3) is 0 Å². The second-order valence-corrected chi connectivity index (χ2v) is 3.98. The molecule has 2 aromatic rings. The number of benzene rings is 1. The molecule has 84 valence electrons. The molecule has 1 heterocycles. The van der Waals surface area contributed by atoms with Gasteiger partial charge in [0.2, 0.25) is 0 Å². The predicted molar refractivity (Wildman–Crippen MR) is 61.5 cm³/mol. The molecule has 0 aliphatic carbocycles. The van der Waals surface area contributed by atoms with E-state index < -0.39 is 0 Å². The number of hydrogen-bond donors (Lipinski definition) is 1. The molecule has 0 spiro atoms. The van der Waals surface area contributed by atoms with Crippen molar-refractivity contribution in [2.24, 2.45) is 0 Å². The molecule has 0 saturated heterocycles. The lowest BCUT2D eigenvalue weighted by atomic mass is 10.1. The Hall–Kier alpha value is -1.68. The lowest BCUT2D eigenvalue weighted by molar-refractivity contribution is 0.276. The highest BCUT2D eigenvalue weighted by Gasteiger charge is 2.10. The van der Waals surface area contributed by atoms with Crippen LogP contribution in [-0.2, 0) is 6.61 Å². The fourth-order valence-corrected chi connectivity index (χ4v) is 1.78. The maximum atomic E-state index is 9.08. The van der Waals surface area contributed by atoms with Crippen LogP contribution in [0.4, 0.5) is 0 Å². The lowest BCUT2D eigenvalue weighted by Gasteiger charge is -2.07. The minimum absolute atomic E-state index is 0.0727. The van der Waals surface area contributed by atoms with Crippen molar-refractivity contribution in [1.82, 2.24) is 15.0 Å². The molecule has 0 aliphatic rings. The molecule has 0 atom stereocenters. The highest BCUT2D eigenvalue weighted by Crippen LogP contribution is 2.17. The molecule has 0 fully saturated rings. The second-order valence-electron chi connectivity index (χ2n) is 3.98. The summed E-state index contributed by atoms with van der Waals surface area (Å²) < 4.78 is 1.76. The van der Waals surface area contributed by atoms with Crippen LogP contribution in [-0.4, -0.2) is 20.1 Å². The van der Waals surface area contributed by atoms with Gasteiger partial charge in [-0.3, -0.25) is 0 Å². The number of aliphatic hydroxyl groups excluding tert-OH is 1. The van der Waals surface area contributed by atoms with Gasteiger partial charge in [0, 0.05) is 0 Å². The van der Waals surface area contributed by atoms with Crippen LogP contribution in [0.2, 0.25) is 0 Å². The smallest absolute Gasteiger partial charge is 0.111 e.